The molecular weight excluding hydrogens is 130 g/mol. The molecule has 0 spiro atoms. The molecule has 9 heavy (non-hydrogen) atoms. The van der Waals surface area contributed by atoms with E-state index in [-0.39, 0.29) is 0 Å². The Balaban J connectivity index is 2.88. The van der Waals surface area contributed by atoms with Crippen molar-refractivity contribution in [2.75, 3.05) is 6.54 Å². The third kappa shape index (κ3) is 6.02. The number of rotatable bonds is 5. The summed E-state index contributed by atoms with van der Waals surface area (Å²) in [6.07, 6.45) is 3.97. The summed E-state index contributed by atoms with van der Waals surface area (Å²) in [5.41, 5.74) is 5.32. The van der Waals surface area contributed by atoms with Gasteiger partial charge in [0.05, 0.1) is 0 Å². The third-order valence-electron chi connectivity index (χ3n) is 1.47. The average molecular weight is 147 g/mol. The van der Waals surface area contributed by atoms with Crippen LogP contribution in [0.25, 0.3) is 0 Å². The van der Waals surface area contributed by atoms with E-state index in [9.17, 15) is 0 Å². The van der Waals surface area contributed by atoms with E-state index in [4.69, 9.17) is 10.2 Å². The Labute approximate surface area is 60.3 Å². The molecule has 0 aliphatic rings. The van der Waals surface area contributed by atoms with E-state index >= 15 is 0 Å². The zero-order valence-corrected chi connectivity index (χ0v) is 8.39. The van der Waals surface area contributed by atoms with E-state index < -0.39 is 0 Å². The average Bonchev–Trinajstić information content (AvgIpc) is 1.89. The summed E-state index contributed by atoms with van der Waals surface area (Å²) >= 11 is 0. The minimum absolute atomic E-state index is 0.461. The van der Waals surface area contributed by atoms with Gasteiger partial charge in [0.25, 0.3) is 0 Å². The van der Waals surface area contributed by atoms with Gasteiger partial charge < -0.3 is 10.2 Å². The van der Waals surface area contributed by atoms with Crippen molar-refractivity contribution in [3.63, 3.8) is 0 Å². The molecule has 0 aliphatic carbocycles. The Morgan fingerprint density at radius 2 is 2.22 bits per heavy atom. The Morgan fingerprint density at radius 1 is 1.56 bits per heavy atom. The highest BCUT2D eigenvalue weighted by atomic mass is 28.2. The molecule has 0 saturated heterocycles. The van der Waals surface area contributed by atoms with Crippen LogP contribution < -0.4 is 5.73 Å². The fourth-order valence-corrected chi connectivity index (χ4v) is 0.930. The van der Waals surface area contributed by atoms with Crippen LogP contribution >= 0.6 is 0 Å². The lowest BCUT2D eigenvalue weighted by atomic mass is 10.2. The van der Waals surface area contributed by atoms with E-state index in [0.29, 0.717) is 6.10 Å². The minimum atomic E-state index is 0.461. The van der Waals surface area contributed by atoms with Crippen LogP contribution in [0.3, 0.4) is 0 Å². The summed E-state index contributed by atoms with van der Waals surface area (Å²) in [6.45, 7) is 2.93. The molecule has 3 heteroatoms. The van der Waals surface area contributed by atoms with Crippen molar-refractivity contribution in [2.45, 2.75) is 32.3 Å². The fraction of sp³-hybridized carbons (Fsp3) is 1.00. The SMILES string of the molecule is CC(CCCCN)O[SiH3]. The maximum atomic E-state index is 5.32. The van der Waals surface area contributed by atoms with Crippen molar-refractivity contribution < 1.29 is 4.43 Å². The molecule has 0 aromatic carbocycles. The van der Waals surface area contributed by atoms with Crippen molar-refractivity contribution in [2.24, 2.45) is 5.73 Å². The number of hydrogen-bond acceptors (Lipinski definition) is 2. The fourth-order valence-electron chi connectivity index (χ4n) is 0.694. The number of unbranched alkanes of at least 4 members (excludes halogenated alkanes) is 1. The van der Waals surface area contributed by atoms with Crippen molar-refractivity contribution in [1.82, 2.24) is 0 Å². The van der Waals surface area contributed by atoms with Crippen molar-refractivity contribution in [3.05, 3.63) is 0 Å². The van der Waals surface area contributed by atoms with Crippen molar-refractivity contribution >= 4 is 10.5 Å². The highest BCUT2D eigenvalue weighted by molar-refractivity contribution is 5.98. The zero-order valence-electron chi connectivity index (χ0n) is 6.39. The minimum Gasteiger partial charge on any atom is -0.425 e. The van der Waals surface area contributed by atoms with E-state index in [1.54, 1.807) is 0 Å². The predicted molar refractivity (Wildman–Crippen MR) is 43.4 cm³/mol. The maximum absolute atomic E-state index is 5.32. The van der Waals surface area contributed by atoms with Crippen molar-refractivity contribution in [3.8, 4) is 0 Å². The topological polar surface area (TPSA) is 35.2 Å². The monoisotopic (exact) mass is 147 g/mol. The molecule has 0 heterocycles. The molecule has 0 fully saturated rings. The summed E-state index contributed by atoms with van der Waals surface area (Å²) in [7, 11) is 0.860. The van der Waals surface area contributed by atoms with Crippen LogP contribution in [-0.4, -0.2) is 23.1 Å². The first kappa shape index (κ1) is 9.14. The molecule has 0 radical (unpaired) electrons. The van der Waals surface area contributed by atoms with Gasteiger partial charge in [-0.1, -0.05) is 0 Å². The molecule has 0 amide bonds. The Hall–Kier alpha value is 0.137. The third-order valence-corrected chi connectivity index (χ3v) is 2.27. The second-order valence-corrected chi connectivity index (χ2v) is 2.80. The lowest BCUT2D eigenvalue weighted by Crippen LogP contribution is -2.06. The Kier molecular flexibility index (Phi) is 6.35. The molecule has 0 rings (SSSR count). The van der Waals surface area contributed by atoms with Crippen molar-refractivity contribution in [1.29, 1.82) is 0 Å². The molecule has 0 aromatic heterocycles. The van der Waals surface area contributed by atoms with Crippen LogP contribution in [0.15, 0.2) is 0 Å². The summed E-state index contributed by atoms with van der Waals surface area (Å²) in [5.74, 6) is 0. The molecule has 2 N–H and O–H groups in total. The van der Waals surface area contributed by atoms with Crippen LogP contribution in [0, 0.1) is 0 Å². The first-order valence-electron chi connectivity index (χ1n) is 3.54. The van der Waals surface area contributed by atoms with Gasteiger partial charge in [0.15, 0.2) is 0 Å². The first-order chi connectivity index (χ1) is 4.31. The Bertz CT molecular complexity index is 61.0. The summed E-state index contributed by atoms with van der Waals surface area (Å²) in [4.78, 5) is 0. The second-order valence-electron chi connectivity index (χ2n) is 2.33. The summed E-state index contributed by atoms with van der Waals surface area (Å²) < 4.78 is 5.19. The van der Waals surface area contributed by atoms with Gasteiger partial charge in [-0.05, 0) is 32.7 Å². The number of hydrogen-bond donors (Lipinski definition) is 1. The van der Waals surface area contributed by atoms with E-state index in [0.717, 1.165) is 23.5 Å². The molecule has 0 aliphatic heterocycles. The highest BCUT2D eigenvalue weighted by Gasteiger charge is 1.95. The van der Waals surface area contributed by atoms with Gasteiger partial charge in [-0.15, -0.1) is 0 Å². The van der Waals surface area contributed by atoms with E-state index in [1.807, 2.05) is 0 Å². The predicted octanol–water partition coefficient (Wildman–Crippen LogP) is -0.199. The van der Waals surface area contributed by atoms with E-state index in [1.165, 1.54) is 12.8 Å². The Morgan fingerprint density at radius 3 is 2.67 bits per heavy atom. The first-order valence-corrected chi connectivity index (χ1v) is 4.35. The molecule has 1 unspecified atom stereocenters. The summed E-state index contributed by atoms with van der Waals surface area (Å²) in [6, 6.07) is 0. The van der Waals surface area contributed by atoms with Gasteiger partial charge in [0.1, 0.15) is 10.5 Å². The zero-order chi connectivity index (χ0) is 7.11. The van der Waals surface area contributed by atoms with Gasteiger partial charge >= 0.3 is 0 Å². The summed E-state index contributed by atoms with van der Waals surface area (Å²) in [5, 5.41) is 0. The standard InChI is InChI=1S/C6H17NOSi/c1-6(8-9)4-2-3-5-7/h6H,2-5,7H2,1,9H3. The normalized spacial score (nSPS) is 14.0. The van der Waals surface area contributed by atoms with Gasteiger partial charge in [-0.25, -0.2) is 0 Å². The molecule has 0 aromatic rings. The van der Waals surface area contributed by atoms with Gasteiger partial charge in [-0.3, -0.25) is 0 Å². The molecule has 2 nitrogen and oxygen atoms in total. The van der Waals surface area contributed by atoms with Gasteiger partial charge in [0.2, 0.25) is 0 Å². The molecule has 1 atom stereocenters. The van der Waals surface area contributed by atoms with E-state index in [2.05, 4.69) is 6.92 Å². The lowest BCUT2D eigenvalue weighted by Gasteiger charge is -2.07. The lowest BCUT2D eigenvalue weighted by molar-refractivity contribution is 0.227. The van der Waals surface area contributed by atoms with Crippen LogP contribution in [0.4, 0.5) is 0 Å². The van der Waals surface area contributed by atoms with Gasteiger partial charge in [0, 0.05) is 6.10 Å². The van der Waals surface area contributed by atoms with Crippen LogP contribution in [0.1, 0.15) is 26.2 Å². The molecular formula is C6H17NOSi. The van der Waals surface area contributed by atoms with Crippen LogP contribution in [0.2, 0.25) is 0 Å². The number of nitrogens with two attached hydrogens (primary N) is 1. The molecule has 56 valence electrons. The van der Waals surface area contributed by atoms with Crippen LogP contribution in [-0.2, 0) is 4.43 Å². The molecule has 0 bridgehead atoms. The molecule has 0 saturated carbocycles. The highest BCUT2D eigenvalue weighted by Crippen LogP contribution is 2.00. The maximum Gasteiger partial charge on any atom is 0.146 e. The van der Waals surface area contributed by atoms with Gasteiger partial charge in [-0.2, -0.15) is 0 Å². The largest absolute Gasteiger partial charge is 0.425 e. The van der Waals surface area contributed by atoms with Crippen LogP contribution in [0.5, 0.6) is 0 Å². The second kappa shape index (κ2) is 6.26. The quantitative estimate of drug-likeness (QED) is 0.432. The smallest absolute Gasteiger partial charge is 0.146 e.